The van der Waals surface area contributed by atoms with Crippen molar-refractivity contribution in [2.45, 2.75) is 83.8 Å². The summed E-state index contributed by atoms with van der Waals surface area (Å²) in [4.78, 5) is 22.2. The predicted octanol–water partition coefficient (Wildman–Crippen LogP) is 7.45. The van der Waals surface area contributed by atoms with Crippen LogP contribution in [0.1, 0.15) is 41.5 Å². The Morgan fingerprint density at radius 3 is 2.10 bits per heavy atom. The first-order chi connectivity index (χ1) is 18.8. The van der Waals surface area contributed by atoms with Gasteiger partial charge < -0.3 is 23.6 Å². The van der Waals surface area contributed by atoms with E-state index in [1.165, 1.54) is 12.1 Å². The molecule has 41 heavy (non-hydrogen) atoms. The van der Waals surface area contributed by atoms with E-state index in [2.05, 4.69) is 73.0 Å². The number of nitrogens with zero attached hydrogens (tertiary/aromatic N) is 1. The number of hydrogen-bond donors (Lipinski definition) is 1. The van der Waals surface area contributed by atoms with E-state index in [1.54, 1.807) is 12.1 Å². The number of ether oxygens (including phenoxy) is 2. The lowest BCUT2D eigenvalue weighted by Crippen LogP contribution is -2.45. The van der Waals surface area contributed by atoms with E-state index in [9.17, 15) is 14.9 Å². The molecule has 1 unspecified atom stereocenters. The molecule has 0 amide bonds. The fourth-order valence-corrected chi connectivity index (χ4v) is 5.19. The van der Waals surface area contributed by atoms with Crippen LogP contribution in [0.4, 0.5) is 11.4 Å². The summed E-state index contributed by atoms with van der Waals surface area (Å²) in [6, 6.07) is 14.3. The largest absolute Gasteiger partial charge is 0.489 e. The predicted molar refractivity (Wildman–Crippen MR) is 169 cm³/mol. The van der Waals surface area contributed by atoms with Crippen LogP contribution in [-0.2, 0) is 13.6 Å². The van der Waals surface area contributed by atoms with Crippen LogP contribution >= 0.6 is 0 Å². The van der Waals surface area contributed by atoms with Crippen LogP contribution in [0.5, 0.6) is 11.5 Å². The summed E-state index contributed by atoms with van der Waals surface area (Å²) in [6.07, 6.45) is 0. The molecule has 0 fully saturated rings. The molecule has 1 aliphatic heterocycles. The molecule has 0 saturated carbocycles. The first-order valence-electron chi connectivity index (χ1n) is 14.0. The molecule has 2 aromatic carbocycles. The Morgan fingerprint density at radius 1 is 0.927 bits per heavy atom. The highest BCUT2D eigenvalue weighted by atomic mass is 28.4. The minimum atomic E-state index is -1.99. The number of carbonyl (C=O) groups excluding carboxylic acids is 1. The summed E-state index contributed by atoms with van der Waals surface area (Å²) < 4.78 is 23.1. The topological polar surface area (TPSA) is 109 Å². The third-order valence-corrected chi connectivity index (χ3v) is 17.0. The Labute approximate surface area is 247 Å². The van der Waals surface area contributed by atoms with Gasteiger partial charge in [-0.25, -0.2) is 0 Å². The van der Waals surface area contributed by atoms with Crippen LogP contribution in [-0.4, -0.2) is 59.8 Å². The van der Waals surface area contributed by atoms with Crippen molar-refractivity contribution in [1.82, 2.24) is 0 Å². The molecule has 0 radical (unpaired) electrons. The van der Waals surface area contributed by atoms with Gasteiger partial charge in [0, 0.05) is 6.07 Å². The number of anilines is 1. The third kappa shape index (κ3) is 10.2. The second kappa shape index (κ2) is 14.0. The van der Waals surface area contributed by atoms with Gasteiger partial charge in [-0.2, -0.15) is 0 Å². The average molecular weight is 605 g/mol. The van der Waals surface area contributed by atoms with Crippen molar-refractivity contribution in [1.29, 1.82) is 0 Å². The number of para-hydroxylation sites is 4. The summed E-state index contributed by atoms with van der Waals surface area (Å²) in [5.74, 6) is 0.794. The molecule has 2 aromatic rings. The van der Waals surface area contributed by atoms with Crippen molar-refractivity contribution in [2.24, 2.45) is 0 Å². The zero-order chi connectivity index (χ0) is 31.1. The lowest BCUT2D eigenvalue weighted by molar-refractivity contribution is -0.385. The molecular weight excluding hydrogens is 557 g/mol. The van der Waals surface area contributed by atoms with Crippen molar-refractivity contribution < 1.29 is 28.0 Å². The quantitative estimate of drug-likeness (QED) is 0.169. The smallest absolute Gasteiger partial charge is 0.310 e. The number of benzene rings is 2. The molecule has 0 aromatic heterocycles. The van der Waals surface area contributed by atoms with Gasteiger partial charge in [0.25, 0.3) is 0 Å². The minimum absolute atomic E-state index is 0.0202. The van der Waals surface area contributed by atoms with E-state index in [-0.39, 0.29) is 46.6 Å². The highest BCUT2D eigenvalue weighted by molar-refractivity contribution is 6.74. The Hall–Kier alpha value is -2.74. The molecule has 0 saturated heterocycles. The normalized spacial score (nSPS) is 15.4. The van der Waals surface area contributed by atoms with E-state index >= 15 is 0 Å². The minimum Gasteiger partial charge on any atom is -0.489 e. The Morgan fingerprint density at radius 2 is 1.49 bits per heavy atom. The SMILES string of the molecule is CC(C)(C)[Si](C)(C)OCC(=O)COc1ccccc1[N+](=O)[O-].CC(C)(C)[Si](C)(C)OCC1COc2ccccc2N1. The number of nitro groups is 1. The number of fused-ring (bicyclic) bond motifs is 1. The van der Waals surface area contributed by atoms with Crippen molar-refractivity contribution in [3.8, 4) is 11.5 Å². The molecule has 0 bridgehead atoms. The van der Waals surface area contributed by atoms with E-state index in [0.717, 1.165) is 11.4 Å². The maximum atomic E-state index is 11.9. The van der Waals surface area contributed by atoms with Gasteiger partial charge >= 0.3 is 5.69 Å². The van der Waals surface area contributed by atoms with Crippen LogP contribution in [0.2, 0.25) is 36.3 Å². The number of hydrogen-bond acceptors (Lipinski definition) is 8. The highest BCUT2D eigenvalue weighted by Gasteiger charge is 2.38. The van der Waals surface area contributed by atoms with Crippen LogP contribution < -0.4 is 14.8 Å². The zero-order valence-electron chi connectivity index (χ0n) is 26.3. The van der Waals surface area contributed by atoms with E-state index < -0.39 is 21.6 Å². The number of nitrogens with one attached hydrogen (secondary N) is 1. The molecule has 9 nitrogen and oxygen atoms in total. The van der Waals surface area contributed by atoms with Crippen LogP contribution in [0.25, 0.3) is 0 Å². The maximum absolute atomic E-state index is 11.9. The highest BCUT2D eigenvalue weighted by Crippen LogP contribution is 2.38. The summed E-state index contributed by atoms with van der Waals surface area (Å²) >= 11 is 0. The lowest BCUT2D eigenvalue weighted by Gasteiger charge is -2.38. The number of ketones is 1. The summed E-state index contributed by atoms with van der Waals surface area (Å²) in [5.41, 5.74) is 0.915. The van der Waals surface area contributed by atoms with Crippen LogP contribution in [0.15, 0.2) is 48.5 Å². The second-order valence-electron chi connectivity index (χ2n) is 13.3. The van der Waals surface area contributed by atoms with Crippen LogP contribution in [0.3, 0.4) is 0 Å². The lowest BCUT2D eigenvalue weighted by atomic mass is 10.2. The summed E-state index contributed by atoms with van der Waals surface area (Å²) in [7, 11) is -3.67. The molecule has 1 atom stereocenters. The van der Waals surface area contributed by atoms with Crippen molar-refractivity contribution in [3.63, 3.8) is 0 Å². The van der Waals surface area contributed by atoms with Gasteiger partial charge in [0.05, 0.1) is 29.9 Å². The van der Waals surface area contributed by atoms with Gasteiger partial charge in [-0.3, -0.25) is 14.9 Å². The third-order valence-electron chi connectivity index (χ3n) is 7.99. The Kier molecular flexibility index (Phi) is 11.7. The van der Waals surface area contributed by atoms with Gasteiger partial charge in [-0.1, -0.05) is 65.8 Å². The standard InChI is InChI=1S/C15H23NO5Si.C15H25NO2Si/c1-15(2,3)22(4,5)21-11-12(17)10-20-14-9-7-6-8-13(14)16(18)19;1-15(2,3)19(4,5)18-11-12-10-17-14-9-7-6-8-13(14)16-12/h6-9H,10-11H2,1-5H3;6-9,12,16H,10-11H2,1-5H3. The summed E-state index contributed by atoms with van der Waals surface area (Å²) in [6.45, 7) is 22.9. The van der Waals surface area contributed by atoms with Crippen LogP contribution in [0, 0.1) is 10.1 Å². The van der Waals surface area contributed by atoms with Gasteiger partial charge in [0.15, 0.2) is 28.2 Å². The molecule has 3 rings (SSSR count). The summed E-state index contributed by atoms with van der Waals surface area (Å²) in [5, 5.41) is 14.6. The molecule has 0 aliphatic carbocycles. The second-order valence-corrected chi connectivity index (χ2v) is 22.9. The van der Waals surface area contributed by atoms with E-state index in [4.69, 9.17) is 18.3 Å². The van der Waals surface area contributed by atoms with Crippen molar-refractivity contribution >= 4 is 33.8 Å². The maximum Gasteiger partial charge on any atom is 0.310 e. The fourth-order valence-electron chi connectivity index (χ4n) is 3.19. The van der Waals surface area contributed by atoms with Gasteiger partial charge in [0.1, 0.15) is 19.0 Å². The van der Waals surface area contributed by atoms with Crippen molar-refractivity contribution in [2.75, 3.05) is 31.7 Å². The van der Waals surface area contributed by atoms with Gasteiger partial charge in [0.2, 0.25) is 0 Å². The molecule has 11 heteroatoms. The van der Waals surface area contributed by atoms with E-state index in [1.807, 2.05) is 24.3 Å². The Balaban J connectivity index is 0.000000289. The number of carbonyl (C=O) groups is 1. The van der Waals surface area contributed by atoms with E-state index in [0.29, 0.717) is 13.2 Å². The molecule has 228 valence electrons. The first kappa shape index (κ1) is 34.5. The number of Topliss-reactive ketones (excluding diaryl/α,β-unsaturated/α-hetero) is 1. The fraction of sp³-hybridized carbons (Fsp3) is 0.567. The first-order valence-corrected chi connectivity index (χ1v) is 19.8. The number of rotatable bonds is 10. The molecule has 1 N–H and O–H groups in total. The Bertz CT molecular complexity index is 1170. The van der Waals surface area contributed by atoms with Gasteiger partial charge in [-0.05, 0) is 54.5 Å². The monoisotopic (exact) mass is 604 g/mol. The molecule has 1 aliphatic rings. The molecule has 0 spiro atoms. The average Bonchev–Trinajstić information content (AvgIpc) is 2.88. The zero-order valence-corrected chi connectivity index (χ0v) is 28.3. The van der Waals surface area contributed by atoms with Crippen molar-refractivity contribution in [3.05, 3.63) is 58.6 Å². The number of nitro benzene ring substituents is 1. The molecule has 1 heterocycles. The molecular formula is C30H48N2O7Si2. The van der Waals surface area contributed by atoms with Gasteiger partial charge in [-0.15, -0.1) is 0 Å².